The molecule has 0 fully saturated rings. The van der Waals surface area contributed by atoms with Crippen molar-refractivity contribution >= 4 is 35.0 Å². The number of hydrogen-bond acceptors (Lipinski definition) is 4. The van der Waals surface area contributed by atoms with E-state index in [1.165, 1.54) is 6.20 Å². The molecule has 28 heavy (non-hydrogen) atoms. The van der Waals surface area contributed by atoms with E-state index in [-0.39, 0.29) is 24.1 Å². The van der Waals surface area contributed by atoms with E-state index in [0.717, 1.165) is 4.90 Å². The number of hydrogen-bond donors (Lipinski definition) is 1. The van der Waals surface area contributed by atoms with Crippen LogP contribution in [0.3, 0.4) is 0 Å². The fraction of sp³-hybridized carbons (Fsp3) is 0.0476. The first kappa shape index (κ1) is 17.9. The molecule has 7 heteroatoms. The number of fused-ring (bicyclic) bond motifs is 1. The summed E-state index contributed by atoms with van der Waals surface area (Å²) in [4.78, 5) is 42.9. The Labute approximate surface area is 165 Å². The maximum absolute atomic E-state index is 12.6. The molecule has 0 atom stereocenters. The molecule has 0 aliphatic carbocycles. The standard InChI is InChI=1S/C21H14ClN3O3/c22-14-9-8-13(18(11-14)24-19(26)17-7-3-4-10-23-17)12-25-20(27)15-5-1-2-6-16(15)21(25)28/h1-11H,12H2,(H,24,26). The molecule has 2 aromatic carbocycles. The zero-order valence-electron chi connectivity index (χ0n) is 14.6. The van der Waals surface area contributed by atoms with E-state index in [2.05, 4.69) is 10.3 Å². The predicted octanol–water partition coefficient (Wildman–Crippen LogP) is 3.78. The Hall–Kier alpha value is -3.51. The van der Waals surface area contributed by atoms with Gasteiger partial charge in [-0.3, -0.25) is 24.3 Å². The fourth-order valence-corrected chi connectivity index (χ4v) is 3.21. The number of imide groups is 1. The molecule has 6 nitrogen and oxygen atoms in total. The first-order valence-corrected chi connectivity index (χ1v) is 8.88. The lowest BCUT2D eigenvalue weighted by Crippen LogP contribution is -2.29. The summed E-state index contributed by atoms with van der Waals surface area (Å²) in [6, 6.07) is 16.6. The number of benzene rings is 2. The SMILES string of the molecule is O=C(Nc1cc(Cl)ccc1CN1C(=O)c2ccccc2C1=O)c1ccccn1. The van der Waals surface area contributed by atoms with Crippen molar-refractivity contribution in [3.63, 3.8) is 0 Å². The molecule has 1 aliphatic rings. The van der Waals surface area contributed by atoms with E-state index in [1.807, 2.05) is 0 Å². The molecule has 1 N–H and O–H groups in total. The Kier molecular flexibility index (Phi) is 4.63. The maximum Gasteiger partial charge on any atom is 0.274 e. The third-order valence-electron chi connectivity index (χ3n) is 4.42. The molecule has 138 valence electrons. The summed E-state index contributed by atoms with van der Waals surface area (Å²) >= 11 is 6.08. The van der Waals surface area contributed by atoms with Gasteiger partial charge in [0.2, 0.25) is 0 Å². The normalized spacial score (nSPS) is 12.8. The number of anilines is 1. The van der Waals surface area contributed by atoms with Gasteiger partial charge in [0.25, 0.3) is 17.7 Å². The van der Waals surface area contributed by atoms with Gasteiger partial charge in [-0.05, 0) is 42.0 Å². The van der Waals surface area contributed by atoms with Gasteiger partial charge in [-0.2, -0.15) is 0 Å². The molecule has 0 saturated heterocycles. The average molecular weight is 392 g/mol. The summed E-state index contributed by atoms with van der Waals surface area (Å²) in [6.45, 7) is 0.0152. The van der Waals surface area contributed by atoms with Gasteiger partial charge >= 0.3 is 0 Å². The third-order valence-corrected chi connectivity index (χ3v) is 4.66. The summed E-state index contributed by atoms with van der Waals surface area (Å²) in [6.07, 6.45) is 1.52. The summed E-state index contributed by atoms with van der Waals surface area (Å²) in [5.41, 5.74) is 2.00. The van der Waals surface area contributed by atoms with E-state index in [9.17, 15) is 14.4 Å². The second kappa shape index (κ2) is 7.25. The Bertz CT molecular complexity index is 1060. The molecular formula is C21H14ClN3O3. The highest BCUT2D eigenvalue weighted by atomic mass is 35.5. The first-order valence-electron chi connectivity index (χ1n) is 8.50. The molecule has 0 spiro atoms. The van der Waals surface area contributed by atoms with Crippen LogP contribution in [0.2, 0.25) is 5.02 Å². The van der Waals surface area contributed by atoms with E-state index >= 15 is 0 Å². The lowest BCUT2D eigenvalue weighted by molar-refractivity contribution is 0.0642. The highest BCUT2D eigenvalue weighted by Crippen LogP contribution is 2.28. The quantitative estimate of drug-likeness (QED) is 0.686. The summed E-state index contributed by atoms with van der Waals surface area (Å²) < 4.78 is 0. The maximum atomic E-state index is 12.6. The van der Waals surface area contributed by atoms with Crippen molar-refractivity contribution in [3.8, 4) is 0 Å². The van der Waals surface area contributed by atoms with Crippen LogP contribution in [0.1, 0.15) is 36.8 Å². The predicted molar refractivity (Wildman–Crippen MR) is 104 cm³/mol. The van der Waals surface area contributed by atoms with E-state index in [1.54, 1.807) is 60.7 Å². The van der Waals surface area contributed by atoms with Crippen LogP contribution >= 0.6 is 11.6 Å². The number of amides is 3. The van der Waals surface area contributed by atoms with Gasteiger partial charge in [0.1, 0.15) is 5.69 Å². The molecule has 0 bridgehead atoms. The number of pyridine rings is 1. The fourth-order valence-electron chi connectivity index (χ4n) is 3.04. The van der Waals surface area contributed by atoms with Crippen LogP contribution in [-0.4, -0.2) is 27.6 Å². The van der Waals surface area contributed by atoms with Crippen LogP contribution in [0.5, 0.6) is 0 Å². The summed E-state index contributed by atoms with van der Waals surface area (Å²) in [7, 11) is 0. The van der Waals surface area contributed by atoms with Gasteiger partial charge < -0.3 is 5.32 Å². The van der Waals surface area contributed by atoms with Gasteiger partial charge in [0.15, 0.2) is 0 Å². The zero-order chi connectivity index (χ0) is 19.7. The van der Waals surface area contributed by atoms with Crippen LogP contribution in [0.25, 0.3) is 0 Å². The third kappa shape index (κ3) is 3.25. The van der Waals surface area contributed by atoms with Gasteiger partial charge in [-0.25, -0.2) is 0 Å². The molecule has 1 aliphatic heterocycles. The largest absolute Gasteiger partial charge is 0.320 e. The van der Waals surface area contributed by atoms with Crippen molar-refractivity contribution in [2.75, 3.05) is 5.32 Å². The number of aromatic nitrogens is 1. The van der Waals surface area contributed by atoms with Gasteiger partial charge in [-0.15, -0.1) is 0 Å². The van der Waals surface area contributed by atoms with E-state index in [4.69, 9.17) is 11.6 Å². The van der Waals surface area contributed by atoms with Crippen LogP contribution in [0, 0.1) is 0 Å². The van der Waals surface area contributed by atoms with E-state index in [0.29, 0.717) is 27.4 Å². The Balaban J connectivity index is 1.62. The number of halogens is 1. The van der Waals surface area contributed by atoms with Crippen LogP contribution in [0.4, 0.5) is 5.69 Å². The van der Waals surface area contributed by atoms with Gasteiger partial charge in [-0.1, -0.05) is 35.9 Å². The van der Waals surface area contributed by atoms with Crippen molar-refractivity contribution in [3.05, 3.63) is 94.3 Å². The smallest absolute Gasteiger partial charge is 0.274 e. The molecule has 4 rings (SSSR count). The number of carbonyl (C=O) groups excluding carboxylic acids is 3. The van der Waals surface area contributed by atoms with Gasteiger partial charge in [0.05, 0.1) is 17.7 Å². The van der Waals surface area contributed by atoms with Crippen molar-refractivity contribution in [1.29, 1.82) is 0 Å². The molecule has 0 saturated carbocycles. The minimum absolute atomic E-state index is 0.0152. The van der Waals surface area contributed by atoms with Gasteiger partial charge in [0, 0.05) is 16.9 Å². The first-order chi connectivity index (χ1) is 13.5. The number of carbonyl (C=O) groups is 3. The monoisotopic (exact) mass is 391 g/mol. The molecule has 0 radical (unpaired) electrons. The lowest BCUT2D eigenvalue weighted by atomic mass is 10.1. The molecule has 3 aromatic rings. The zero-order valence-corrected chi connectivity index (χ0v) is 15.3. The molecule has 2 heterocycles. The minimum Gasteiger partial charge on any atom is -0.320 e. The molecule has 0 unspecified atom stereocenters. The average Bonchev–Trinajstić information content (AvgIpc) is 2.95. The number of nitrogens with one attached hydrogen (secondary N) is 1. The van der Waals surface area contributed by atoms with Crippen molar-refractivity contribution in [1.82, 2.24) is 9.88 Å². The lowest BCUT2D eigenvalue weighted by Gasteiger charge is -2.17. The number of rotatable bonds is 4. The van der Waals surface area contributed by atoms with Crippen LogP contribution < -0.4 is 5.32 Å². The van der Waals surface area contributed by atoms with Crippen LogP contribution in [0.15, 0.2) is 66.9 Å². The second-order valence-corrected chi connectivity index (χ2v) is 6.65. The molecular weight excluding hydrogens is 378 g/mol. The Morgan fingerprint density at radius 2 is 1.64 bits per heavy atom. The molecule has 3 amide bonds. The Morgan fingerprint density at radius 1 is 0.964 bits per heavy atom. The highest BCUT2D eigenvalue weighted by molar-refractivity contribution is 6.31. The topological polar surface area (TPSA) is 79.4 Å². The minimum atomic E-state index is -0.411. The number of nitrogens with zero attached hydrogens (tertiary/aromatic N) is 2. The van der Waals surface area contributed by atoms with Crippen molar-refractivity contribution in [2.24, 2.45) is 0 Å². The van der Waals surface area contributed by atoms with Crippen LogP contribution in [-0.2, 0) is 6.54 Å². The summed E-state index contributed by atoms with van der Waals surface area (Å²) in [5.74, 6) is -1.14. The summed E-state index contributed by atoms with van der Waals surface area (Å²) in [5, 5.41) is 3.18. The van der Waals surface area contributed by atoms with Crippen molar-refractivity contribution in [2.45, 2.75) is 6.54 Å². The van der Waals surface area contributed by atoms with E-state index < -0.39 is 5.91 Å². The van der Waals surface area contributed by atoms with Crippen molar-refractivity contribution < 1.29 is 14.4 Å². The Morgan fingerprint density at radius 3 is 2.29 bits per heavy atom. The highest BCUT2D eigenvalue weighted by Gasteiger charge is 2.35. The molecule has 1 aromatic heterocycles. The second-order valence-electron chi connectivity index (χ2n) is 6.21.